The normalized spacial score (nSPS) is 10.8. The number of benzene rings is 1. The number of rotatable bonds is 4. The van der Waals surface area contributed by atoms with Gasteiger partial charge in [0.2, 0.25) is 0 Å². The van der Waals surface area contributed by atoms with Crippen molar-refractivity contribution in [2.75, 3.05) is 7.11 Å². The number of hydrogen-bond donors (Lipinski definition) is 3. The third kappa shape index (κ3) is 6.26. The van der Waals surface area contributed by atoms with E-state index in [4.69, 9.17) is 15.6 Å². The molecule has 0 radical (unpaired) electrons. The number of hydrogen-bond acceptors (Lipinski definition) is 8. The third-order valence-electron chi connectivity index (χ3n) is 4.27. The van der Waals surface area contributed by atoms with E-state index in [1.54, 1.807) is 6.07 Å². The third-order valence-corrected chi connectivity index (χ3v) is 4.27. The van der Waals surface area contributed by atoms with E-state index in [0.29, 0.717) is 12.1 Å². The van der Waals surface area contributed by atoms with Crippen LogP contribution in [0.1, 0.15) is 63.2 Å². The standard InChI is InChI=1S/C13H19NO2.C9H7N3O5/c1-9-7-10(8-14)5-6-11(9)12(15)16-13(2,3)4;1-17-8(15)5-2-4(7(13)14)11-6-3-10-9(16)12(5)6/h5-7H,8,14H2,1-4H3;2-3H,1H3,(H,10,16)(H,13,14). The molecule has 33 heavy (non-hydrogen) atoms. The Kier molecular flexibility index (Phi) is 7.72. The number of carbonyl (C=O) groups is 3. The number of esters is 2. The fraction of sp³-hybridized carbons (Fsp3) is 0.318. The molecule has 0 spiro atoms. The summed E-state index contributed by atoms with van der Waals surface area (Å²) in [7, 11) is 1.13. The van der Waals surface area contributed by atoms with E-state index < -0.39 is 23.2 Å². The average Bonchev–Trinajstić information content (AvgIpc) is 3.12. The molecule has 0 fully saturated rings. The van der Waals surface area contributed by atoms with Gasteiger partial charge in [0.25, 0.3) is 0 Å². The number of nitrogens with two attached hydrogens (primary N) is 1. The van der Waals surface area contributed by atoms with Gasteiger partial charge in [-0.25, -0.2) is 28.6 Å². The van der Waals surface area contributed by atoms with Gasteiger partial charge in [-0.15, -0.1) is 0 Å². The zero-order chi connectivity index (χ0) is 24.9. The molecule has 0 saturated carbocycles. The first-order valence-electron chi connectivity index (χ1n) is 9.83. The molecule has 3 aromatic rings. The van der Waals surface area contributed by atoms with Gasteiger partial charge in [0.15, 0.2) is 11.3 Å². The van der Waals surface area contributed by atoms with Crippen LogP contribution in [0.4, 0.5) is 0 Å². The number of aromatic nitrogens is 3. The number of nitrogens with zero attached hydrogens (tertiary/aromatic N) is 2. The lowest BCUT2D eigenvalue weighted by molar-refractivity contribution is 0.00683. The van der Waals surface area contributed by atoms with Crippen LogP contribution in [0, 0.1) is 6.92 Å². The number of carboxylic acid groups (broad SMARTS) is 1. The van der Waals surface area contributed by atoms with Crippen LogP contribution in [0.3, 0.4) is 0 Å². The van der Waals surface area contributed by atoms with E-state index in [-0.39, 0.29) is 23.0 Å². The minimum absolute atomic E-state index is 0.0373. The van der Waals surface area contributed by atoms with Crippen molar-refractivity contribution in [1.82, 2.24) is 14.4 Å². The molecule has 2 heterocycles. The first kappa shape index (κ1) is 25.3. The van der Waals surface area contributed by atoms with Gasteiger partial charge in [0.1, 0.15) is 11.3 Å². The van der Waals surface area contributed by atoms with Crippen molar-refractivity contribution in [3.63, 3.8) is 0 Å². The van der Waals surface area contributed by atoms with E-state index in [0.717, 1.165) is 28.7 Å². The molecule has 2 aromatic heterocycles. The SMILES string of the molecule is COC(=O)c1cc(C(=O)O)nc2c[nH]c(=O)n12.Cc1cc(CN)ccc1C(=O)OC(C)(C)C. The minimum Gasteiger partial charge on any atom is -0.477 e. The van der Waals surface area contributed by atoms with Gasteiger partial charge in [-0.1, -0.05) is 12.1 Å². The summed E-state index contributed by atoms with van der Waals surface area (Å²) in [6.45, 7) is 7.94. The Morgan fingerprint density at radius 3 is 2.36 bits per heavy atom. The number of nitrogens with one attached hydrogen (secondary N) is 1. The summed E-state index contributed by atoms with van der Waals surface area (Å²) in [5, 5.41) is 8.82. The number of aromatic amines is 1. The van der Waals surface area contributed by atoms with Crippen LogP contribution >= 0.6 is 0 Å². The average molecular weight is 458 g/mol. The Morgan fingerprint density at radius 2 is 1.85 bits per heavy atom. The van der Waals surface area contributed by atoms with Crippen LogP contribution in [0.25, 0.3) is 5.65 Å². The van der Waals surface area contributed by atoms with Crippen molar-refractivity contribution in [1.29, 1.82) is 0 Å². The summed E-state index contributed by atoms with van der Waals surface area (Å²) in [5.74, 6) is -2.40. The maximum Gasteiger partial charge on any atom is 0.355 e. The molecule has 0 atom stereocenters. The van der Waals surface area contributed by atoms with E-state index in [9.17, 15) is 19.2 Å². The predicted molar refractivity (Wildman–Crippen MR) is 118 cm³/mol. The zero-order valence-corrected chi connectivity index (χ0v) is 19.0. The molecule has 0 amide bonds. The highest BCUT2D eigenvalue weighted by molar-refractivity contribution is 5.93. The summed E-state index contributed by atoms with van der Waals surface area (Å²) in [6.07, 6.45) is 1.21. The molecule has 0 aliphatic heterocycles. The number of methoxy groups -OCH3 is 1. The number of aromatic carboxylic acids is 1. The molecule has 1 aromatic carbocycles. The Bertz CT molecular complexity index is 1250. The maximum atomic E-state index is 11.8. The predicted octanol–water partition coefficient (Wildman–Crippen LogP) is 1.92. The monoisotopic (exact) mass is 458 g/mol. The van der Waals surface area contributed by atoms with Gasteiger partial charge in [0, 0.05) is 18.8 Å². The fourth-order valence-corrected chi connectivity index (χ4v) is 2.80. The summed E-state index contributed by atoms with van der Waals surface area (Å²) in [6, 6.07) is 6.52. The van der Waals surface area contributed by atoms with Crippen LogP contribution < -0.4 is 11.4 Å². The van der Waals surface area contributed by atoms with Crippen LogP contribution in [0.2, 0.25) is 0 Å². The minimum atomic E-state index is -1.30. The number of H-pyrrole nitrogens is 1. The number of carbonyl (C=O) groups excluding carboxylic acids is 2. The molecule has 3 rings (SSSR count). The molecule has 0 aliphatic carbocycles. The molecule has 4 N–H and O–H groups in total. The second kappa shape index (κ2) is 10.1. The number of ether oxygens (including phenoxy) is 2. The molecule has 11 nitrogen and oxygen atoms in total. The number of fused-ring (bicyclic) bond motifs is 1. The molecule has 0 aliphatic rings. The van der Waals surface area contributed by atoms with Crippen molar-refractivity contribution in [2.45, 2.75) is 39.8 Å². The topological polar surface area (TPSA) is 166 Å². The van der Waals surface area contributed by atoms with Gasteiger partial charge in [-0.3, -0.25) is 0 Å². The first-order valence-corrected chi connectivity index (χ1v) is 9.83. The lowest BCUT2D eigenvalue weighted by atomic mass is 10.0. The van der Waals surface area contributed by atoms with Crippen molar-refractivity contribution in [3.8, 4) is 0 Å². The van der Waals surface area contributed by atoms with Gasteiger partial charge in [0.05, 0.1) is 12.7 Å². The quantitative estimate of drug-likeness (QED) is 0.495. The summed E-state index contributed by atoms with van der Waals surface area (Å²) >= 11 is 0. The van der Waals surface area contributed by atoms with Gasteiger partial charge in [-0.05, 0) is 44.9 Å². The lowest BCUT2D eigenvalue weighted by Gasteiger charge is -2.20. The molecular formula is C22H26N4O7. The van der Waals surface area contributed by atoms with E-state index in [1.165, 1.54) is 6.20 Å². The second-order valence-electron chi connectivity index (χ2n) is 7.97. The van der Waals surface area contributed by atoms with E-state index in [2.05, 4.69) is 14.7 Å². The molecule has 0 saturated heterocycles. The van der Waals surface area contributed by atoms with E-state index in [1.807, 2.05) is 39.8 Å². The van der Waals surface area contributed by atoms with Crippen molar-refractivity contribution in [3.05, 3.63) is 69.0 Å². The number of carboxylic acids is 1. The summed E-state index contributed by atoms with van der Waals surface area (Å²) in [5.41, 5.74) is 6.50. The maximum absolute atomic E-state index is 11.8. The highest BCUT2D eigenvalue weighted by Crippen LogP contribution is 2.16. The van der Waals surface area contributed by atoms with Crippen molar-refractivity contribution in [2.24, 2.45) is 5.73 Å². The summed E-state index contributed by atoms with van der Waals surface area (Å²) < 4.78 is 10.7. The van der Waals surface area contributed by atoms with Crippen LogP contribution in [0.15, 0.2) is 35.3 Å². The molecular weight excluding hydrogens is 432 g/mol. The molecule has 176 valence electrons. The number of aryl methyl sites for hydroxylation is 1. The van der Waals surface area contributed by atoms with Crippen LogP contribution in [-0.4, -0.2) is 50.1 Å². The van der Waals surface area contributed by atoms with Crippen LogP contribution in [0.5, 0.6) is 0 Å². The largest absolute Gasteiger partial charge is 0.477 e. The Morgan fingerprint density at radius 1 is 1.18 bits per heavy atom. The lowest BCUT2D eigenvalue weighted by Crippen LogP contribution is -2.24. The molecule has 0 unspecified atom stereocenters. The Balaban J connectivity index is 0.000000234. The Hall–Kier alpha value is -3.99. The van der Waals surface area contributed by atoms with Gasteiger partial charge < -0.3 is 25.3 Å². The highest BCUT2D eigenvalue weighted by Gasteiger charge is 2.19. The van der Waals surface area contributed by atoms with Crippen molar-refractivity contribution < 1.29 is 29.0 Å². The van der Waals surface area contributed by atoms with Crippen LogP contribution in [-0.2, 0) is 16.0 Å². The summed E-state index contributed by atoms with van der Waals surface area (Å²) in [4.78, 5) is 51.5. The zero-order valence-electron chi connectivity index (χ0n) is 19.0. The first-order chi connectivity index (χ1) is 15.4. The highest BCUT2D eigenvalue weighted by atomic mass is 16.6. The van der Waals surface area contributed by atoms with E-state index >= 15 is 0 Å². The van der Waals surface area contributed by atoms with Gasteiger partial charge in [-0.2, -0.15) is 0 Å². The fourth-order valence-electron chi connectivity index (χ4n) is 2.80. The molecule has 11 heteroatoms. The Labute approximate surface area is 189 Å². The van der Waals surface area contributed by atoms with Crippen molar-refractivity contribution >= 4 is 23.6 Å². The second-order valence-corrected chi connectivity index (χ2v) is 7.97. The number of imidazole rings is 1. The van der Waals surface area contributed by atoms with Gasteiger partial charge >= 0.3 is 23.6 Å². The molecule has 0 bridgehead atoms. The smallest absolute Gasteiger partial charge is 0.355 e.